The molecule has 0 aliphatic carbocycles. The minimum absolute atomic E-state index is 0.0644. The van der Waals surface area contributed by atoms with E-state index in [2.05, 4.69) is 20.3 Å². The molecule has 122 valence electrons. The van der Waals surface area contributed by atoms with Crippen LogP contribution in [0.4, 0.5) is 5.95 Å². The quantitative estimate of drug-likeness (QED) is 0.835. The largest absolute Gasteiger partial charge is 0.371 e. The number of carbonyl (C=O) groups is 1. The molecule has 9 heteroatoms. The summed E-state index contributed by atoms with van der Waals surface area (Å²) in [5.74, 6) is -0.340. The van der Waals surface area contributed by atoms with Crippen LogP contribution in [0.3, 0.4) is 0 Å². The molecule has 0 saturated carbocycles. The molecule has 0 spiro atoms. The number of aromatic amines is 1. The third-order valence-corrected chi connectivity index (χ3v) is 4.24. The lowest BCUT2D eigenvalue weighted by molar-refractivity contribution is -0.135. The molecule has 4 rings (SSSR count). The van der Waals surface area contributed by atoms with Crippen LogP contribution in [0, 0.1) is 5.92 Å². The number of H-pyrrole nitrogens is 1. The van der Waals surface area contributed by atoms with Crippen LogP contribution >= 0.6 is 0 Å². The highest BCUT2D eigenvalue weighted by Gasteiger charge is 2.50. The SMILES string of the molecule is CC(C)C(=O)Nc1nc2c(ncn2C23COC(CO2)C3)c(=O)[nH]1. The second-order valence-electron chi connectivity index (χ2n) is 6.24. The van der Waals surface area contributed by atoms with E-state index in [-0.39, 0.29) is 29.4 Å². The Labute approximate surface area is 131 Å². The summed E-state index contributed by atoms with van der Waals surface area (Å²) in [4.78, 5) is 35.0. The van der Waals surface area contributed by atoms with Gasteiger partial charge in [-0.1, -0.05) is 13.8 Å². The maximum absolute atomic E-state index is 12.2. The number of hydrogen-bond donors (Lipinski definition) is 2. The molecule has 23 heavy (non-hydrogen) atoms. The van der Waals surface area contributed by atoms with Crippen LogP contribution in [0.2, 0.25) is 0 Å². The zero-order valence-electron chi connectivity index (χ0n) is 12.8. The maximum atomic E-state index is 12.2. The molecule has 4 heterocycles. The number of fused-ring (bicyclic) bond motifs is 3. The number of nitrogens with one attached hydrogen (secondary N) is 2. The van der Waals surface area contributed by atoms with Crippen LogP contribution in [0.15, 0.2) is 11.1 Å². The minimum atomic E-state index is -0.667. The first kappa shape index (κ1) is 14.3. The number of hydrogen-bond acceptors (Lipinski definition) is 6. The van der Waals surface area contributed by atoms with E-state index >= 15 is 0 Å². The molecule has 9 nitrogen and oxygen atoms in total. The van der Waals surface area contributed by atoms with Gasteiger partial charge in [-0.2, -0.15) is 4.98 Å². The molecule has 2 fully saturated rings. The van der Waals surface area contributed by atoms with Crippen molar-refractivity contribution in [3.63, 3.8) is 0 Å². The molecule has 2 aromatic heterocycles. The van der Waals surface area contributed by atoms with Gasteiger partial charge in [-0.3, -0.25) is 24.5 Å². The lowest BCUT2D eigenvalue weighted by atomic mass is 10.1. The lowest BCUT2D eigenvalue weighted by Crippen LogP contribution is -2.36. The fourth-order valence-corrected chi connectivity index (χ4v) is 2.94. The van der Waals surface area contributed by atoms with E-state index in [1.165, 1.54) is 6.33 Å². The van der Waals surface area contributed by atoms with E-state index in [9.17, 15) is 9.59 Å². The molecular formula is C14H17N5O4. The van der Waals surface area contributed by atoms with Gasteiger partial charge in [0.25, 0.3) is 5.56 Å². The molecule has 2 saturated heterocycles. The van der Waals surface area contributed by atoms with Crippen molar-refractivity contribution in [2.75, 3.05) is 18.5 Å². The summed E-state index contributed by atoms with van der Waals surface area (Å²) in [6.07, 6.45) is 2.30. The highest BCUT2D eigenvalue weighted by Crippen LogP contribution is 2.40. The Kier molecular flexibility index (Phi) is 3.03. The number of ether oxygens (including phenoxy) is 2. The van der Waals surface area contributed by atoms with Crippen molar-refractivity contribution in [3.05, 3.63) is 16.7 Å². The van der Waals surface area contributed by atoms with Crippen molar-refractivity contribution in [1.82, 2.24) is 19.5 Å². The van der Waals surface area contributed by atoms with Crippen molar-refractivity contribution < 1.29 is 14.3 Å². The second-order valence-corrected chi connectivity index (χ2v) is 6.24. The van der Waals surface area contributed by atoms with Crippen LogP contribution in [-0.4, -0.2) is 44.7 Å². The Morgan fingerprint density at radius 2 is 2.39 bits per heavy atom. The third kappa shape index (κ3) is 2.15. The van der Waals surface area contributed by atoms with Crippen molar-refractivity contribution in [1.29, 1.82) is 0 Å². The molecule has 0 aromatic carbocycles. The Bertz CT molecular complexity index is 831. The van der Waals surface area contributed by atoms with E-state index in [1.807, 2.05) is 0 Å². The number of anilines is 1. The number of aromatic nitrogens is 4. The summed E-state index contributed by atoms with van der Waals surface area (Å²) in [5, 5.41) is 2.60. The molecule has 2 aliphatic heterocycles. The van der Waals surface area contributed by atoms with E-state index in [0.717, 1.165) is 0 Å². The Balaban J connectivity index is 1.80. The first-order valence-electron chi connectivity index (χ1n) is 7.53. The van der Waals surface area contributed by atoms with E-state index in [0.29, 0.717) is 25.3 Å². The van der Waals surface area contributed by atoms with Gasteiger partial charge in [-0.15, -0.1) is 0 Å². The third-order valence-electron chi connectivity index (χ3n) is 4.24. The molecule has 2 bridgehead atoms. The molecule has 1 amide bonds. The molecule has 0 radical (unpaired) electrons. The molecular weight excluding hydrogens is 302 g/mol. The monoisotopic (exact) mass is 319 g/mol. The summed E-state index contributed by atoms with van der Waals surface area (Å²) >= 11 is 0. The summed E-state index contributed by atoms with van der Waals surface area (Å²) in [6, 6.07) is 0. The molecule has 2 aliphatic rings. The Morgan fingerprint density at radius 3 is 3.00 bits per heavy atom. The topological polar surface area (TPSA) is 111 Å². The summed E-state index contributed by atoms with van der Waals surface area (Å²) in [7, 11) is 0. The highest BCUT2D eigenvalue weighted by atomic mass is 16.6. The number of imidazole rings is 1. The molecule has 2 aromatic rings. The predicted molar refractivity (Wildman–Crippen MR) is 79.9 cm³/mol. The predicted octanol–water partition coefficient (Wildman–Crippen LogP) is 0.186. The number of nitrogens with zero attached hydrogens (tertiary/aromatic N) is 3. The Hall–Kier alpha value is -2.26. The normalized spacial score (nSPS) is 26.3. The number of amides is 1. The van der Waals surface area contributed by atoms with Crippen LogP contribution in [0.5, 0.6) is 0 Å². The average molecular weight is 319 g/mol. The number of carbonyl (C=O) groups excluding carboxylic acids is 1. The van der Waals surface area contributed by atoms with Gasteiger partial charge >= 0.3 is 0 Å². The average Bonchev–Trinajstić information content (AvgIpc) is 3.20. The zero-order chi connectivity index (χ0) is 16.2. The van der Waals surface area contributed by atoms with Gasteiger partial charge in [-0.05, 0) is 0 Å². The standard InChI is InChI=1S/C14H17N5O4/c1-7(2)11(20)17-13-16-10-9(12(21)18-13)15-6-19(10)14-3-8(4-23-14)22-5-14/h6-8H,3-5H2,1-2H3,(H2,16,17,18,20,21). The first-order valence-corrected chi connectivity index (χ1v) is 7.53. The Morgan fingerprint density at radius 1 is 1.57 bits per heavy atom. The first-order chi connectivity index (χ1) is 11.0. The van der Waals surface area contributed by atoms with Gasteiger partial charge in [0.1, 0.15) is 0 Å². The smallest absolute Gasteiger partial charge is 0.280 e. The van der Waals surface area contributed by atoms with Gasteiger partial charge in [0, 0.05) is 12.3 Å². The van der Waals surface area contributed by atoms with Gasteiger partial charge < -0.3 is 9.47 Å². The summed E-state index contributed by atoms with van der Waals surface area (Å²) in [6.45, 7) is 4.43. The lowest BCUT2D eigenvalue weighted by Gasteiger charge is -2.27. The van der Waals surface area contributed by atoms with E-state index in [1.54, 1.807) is 18.4 Å². The van der Waals surface area contributed by atoms with Gasteiger partial charge in [0.05, 0.1) is 25.6 Å². The fraction of sp³-hybridized carbons (Fsp3) is 0.571. The van der Waals surface area contributed by atoms with Crippen molar-refractivity contribution in [2.24, 2.45) is 5.92 Å². The highest BCUT2D eigenvalue weighted by molar-refractivity contribution is 5.91. The zero-order valence-corrected chi connectivity index (χ0v) is 12.8. The van der Waals surface area contributed by atoms with Gasteiger partial charge in [0.15, 0.2) is 16.9 Å². The summed E-state index contributed by atoms with van der Waals surface area (Å²) < 4.78 is 13.2. The van der Waals surface area contributed by atoms with Crippen LogP contribution in [0.1, 0.15) is 20.3 Å². The van der Waals surface area contributed by atoms with Crippen molar-refractivity contribution in [3.8, 4) is 0 Å². The van der Waals surface area contributed by atoms with Gasteiger partial charge in [-0.25, -0.2) is 4.98 Å². The minimum Gasteiger partial charge on any atom is -0.371 e. The van der Waals surface area contributed by atoms with E-state index < -0.39 is 11.3 Å². The van der Waals surface area contributed by atoms with Crippen molar-refractivity contribution in [2.45, 2.75) is 32.1 Å². The van der Waals surface area contributed by atoms with E-state index in [4.69, 9.17) is 9.47 Å². The maximum Gasteiger partial charge on any atom is 0.280 e. The van der Waals surface area contributed by atoms with Crippen LogP contribution < -0.4 is 10.9 Å². The van der Waals surface area contributed by atoms with Gasteiger partial charge in [0.2, 0.25) is 11.9 Å². The second kappa shape index (κ2) is 4.87. The van der Waals surface area contributed by atoms with Crippen molar-refractivity contribution >= 4 is 23.0 Å². The fourth-order valence-electron chi connectivity index (χ4n) is 2.94. The van der Waals surface area contributed by atoms with Crippen LogP contribution in [0.25, 0.3) is 11.2 Å². The molecule has 2 atom stereocenters. The molecule has 2 N–H and O–H groups in total. The van der Waals surface area contributed by atoms with Crippen LogP contribution in [-0.2, 0) is 20.0 Å². The summed E-state index contributed by atoms with van der Waals surface area (Å²) in [5.41, 5.74) is -0.489. The molecule has 2 unspecified atom stereocenters. The number of rotatable bonds is 3.